The van der Waals surface area contributed by atoms with Crippen LogP contribution in [-0.2, 0) is 11.2 Å². The molecule has 1 aromatic heterocycles. The number of nitrogens with zero attached hydrogens (tertiary/aromatic N) is 1. The van der Waals surface area contributed by atoms with E-state index >= 15 is 0 Å². The van der Waals surface area contributed by atoms with Gasteiger partial charge in [0.1, 0.15) is 11.2 Å². The first-order valence-electron chi connectivity index (χ1n) is 8.65. The molecule has 2 aliphatic carbocycles. The largest absolute Gasteiger partial charge is 0.618 e. The zero-order chi connectivity index (χ0) is 15.8. The van der Waals surface area contributed by atoms with Crippen LogP contribution in [0, 0.1) is 12.1 Å². The molecule has 0 aliphatic heterocycles. The second-order valence-electron chi connectivity index (χ2n) is 7.28. The van der Waals surface area contributed by atoms with E-state index in [0.717, 1.165) is 48.8 Å². The Labute approximate surface area is 132 Å². The second-order valence-corrected chi connectivity index (χ2v) is 7.28. The molecule has 2 fully saturated rings. The summed E-state index contributed by atoms with van der Waals surface area (Å²) < 4.78 is 0.837. The number of hydrogen-bond donors (Lipinski definition) is 2. The molecule has 0 atom stereocenters. The zero-order valence-corrected chi connectivity index (χ0v) is 13.5. The average molecular weight is 305 g/mol. The lowest BCUT2D eigenvalue weighted by atomic mass is 9.79. The van der Waals surface area contributed by atoms with Crippen molar-refractivity contribution in [3.63, 3.8) is 0 Å². The molecule has 4 nitrogen and oxygen atoms in total. The molecule has 2 aliphatic rings. The number of aliphatic hydroxyl groups is 2. The Balaban J connectivity index is 2.05. The van der Waals surface area contributed by atoms with Crippen molar-refractivity contribution in [3.05, 3.63) is 34.3 Å². The summed E-state index contributed by atoms with van der Waals surface area (Å²) in [6, 6.07) is 3.60. The van der Waals surface area contributed by atoms with Gasteiger partial charge in [-0.2, -0.15) is 4.73 Å². The van der Waals surface area contributed by atoms with Crippen LogP contribution in [0.2, 0.25) is 0 Å². The van der Waals surface area contributed by atoms with E-state index in [0.29, 0.717) is 37.1 Å². The number of hydrogen-bond acceptors (Lipinski definition) is 3. The Morgan fingerprint density at radius 1 is 0.818 bits per heavy atom. The zero-order valence-electron chi connectivity index (χ0n) is 13.5. The molecule has 0 bridgehead atoms. The fraction of sp³-hybridized carbons (Fsp3) is 0.722. The highest BCUT2D eigenvalue weighted by Crippen LogP contribution is 2.39. The Morgan fingerprint density at radius 3 is 1.55 bits per heavy atom. The van der Waals surface area contributed by atoms with Crippen molar-refractivity contribution < 1.29 is 14.9 Å². The summed E-state index contributed by atoms with van der Waals surface area (Å²) in [4.78, 5) is 0. The van der Waals surface area contributed by atoms with Gasteiger partial charge in [0, 0.05) is 12.1 Å². The van der Waals surface area contributed by atoms with E-state index in [1.807, 2.05) is 6.92 Å². The fourth-order valence-corrected chi connectivity index (χ4v) is 4.15. The van der Waals surface area contributed by atoms with Gasteiger partial charge >= 0.3 is 0 Å². The number of aryl methyl sites for hydroxylation is 1. The fourth-order valence-electron chi connectivity index (χ4n) is 4.15. The van der Waals surface area contributed by atoms with E-state index in [1.54, 1.807) is 12.1 Å². The molecule has 22 heavy (non-hydrogen) atoms. The highest BCUT2D eigenvalue weighted by molar-refractivity contribution is 5.23. The van der Waals surface area contributed by atoms with E-state index in [1.165, 1.54) is 0 Å². The number of rotatable bonds is 2. The minimum atomic E-state index is -1.04. The van der Waals surface area contributed by atoms with Crippen molar-refractivity contribution in [2.24, 2.45) is 0 Å². The molecule has 4 heteroatoms. The third-order valence-electron chi connectivity index (χ3n) is 5.48. The molecule has 122 valence electrons. The van der Waals surface area contributed by atoms with Gasteiger partial charge in [0.15, 0.2) is 0 Å². The van der Waals surface area contributed by atoms with Crippen LogP contribution in [0.25, 0.3) is 0 Å². The van der Waals surface area contributed by atoms with Crippen molar-refractivity contribution in [1.29, 1.82) is 0 Å². The molecule has 2 N–H and O–H groups in total. The summed E-state index contributed by atoms with van der Waals surface area (Å²) in [6.45, 7) is 1.94. The predicted octanol–water partition coefficient (Wildman–Crippen LogP) is 2.93. The summed E-state index contributed by atoms with van der Waals surface area (Å²) in [5.41, 5.74) is -0.269. The maximum absolute atomic E-state index is 12.9. The molecule has 0 radical (unpaired) electrons. The van der Waals surface area contributed by atoms with Gasteiger partial charge in [0.05, 0.1) is 0 Å². The Morgan fingerprint density at radius 2 is 1.18 bits per heavy atom. The van der Waals surface area contributed by atoms with Gasteiger partial charge in [-0.25, -0.2) is 0 Å². The van der Waals surface area contributed by atoms with Crippen LogP contribution in [0.1, 0.15) is 81.2 Å². The van der Waals surface area contributed by atoms with Gasteiger partial charge < -0.3 is 15.4 Å². The number of aromatic nitrogens is 1. The molecule has 0 amide bonds. The van der Waals surface area contributed by atoms with Crippen molar-refractivity contribution in [1.82, 2.24) is 0 Å². The van der Waals surface area contributed by atoms with Gasteiger partial charge in [0.25, 0.3) is 0 Å². The van der Waals surface area contributed by atoms with E-state index in [9.17, 15) is 15.4 Å². The van der Waals surface area contributed by atoms with Crippen LogP contribution in [0.4, 0.5) is 0 Å². The van der Waals surface area contributed by atoms with E-state index in [-0.39, 0.29) is 0 Å². The minimum Gasteiger partial charge on any atom is -0.618 e. The number of pyridine rings is 1. The van der Waals surface area contributed by atoms with Crippen molar-refractivity contribution in [2.75, 3.05) is 0 Å². The van der Waals surface area contributed by atoms with E-state index in [4.69, 9.17) is 0 Å². The van der Waals surface area contributed by atoms with Crippen LogP contribution >= 0.6 is 0 Å². The highest BCUT2D eigenvalue weighted by atomic mass is 16.5. The van der Waals surface area contributed by atoms with Crippen LogP contribution < -0.4 is 4.73 Å². The maximum atomic E-state index is 12.9. The molecule has 0 unspecified atom stereocenters. The third-order valence-corrected chi connectivity index (χ3v) is 5.48. The molecule has 1 heterocycles. The van der Waals surface area contributed by atoms with Crippen molar-refractivity contribution >= 4 is 0 Å². The lowest BCUT2D eigenvalue weighted by Crippen LogP contribution is -2.51. The smallest absolute Gasteiger partial charge is 0.225 e. The van der Waals surface area contributed by atoms with E-state index in [2.05, 4.69) is 0 Å². The van der Waals surface area contributed by atoms with Crippen LogP contribution in [0.3, 0.4) is 0 Å². The summed E-state index contributed by atoms with van der Waals surface area (Å²) in [5.74, 6) is 0. The van der Waals surface area contributed by atoms with Crippen molar-refractivity contribution in [2.45, 2.75) is 82.3 Å². The van der Waals surface area contributed by atoms with Gasteiger partial charge in [-0.05, 0) is 63.9 Å². The molecule has 1 aromatic rings. The Hall–Kier alpha value is -1.13. The van der Waals surface area contributed by atoms with Gasteiger partial charge in [-0.3, -0.25) is 0 Å². The molecular formula is C18H27NO3. The van der Waals surface area contributed by atoms with Crippen molar-refractivity contribution in [3.8, 4) is 0 Å². The predicted molar refractivity (Wildman–Crippen MR) is 84.1 cm³/mol. The average Bonchev–Trinajstić information content (AvgIpc) is 2.50. The van der Waals surface area contributed by atoms with Crippen LogP contribution in [-0.4, -0.2) is 10.2 Å². The molecule has 0 saturated heterocycles. The topological polar surface area (TPSA) is 67.4 Å². The third kappa shape index (κ3) is 2.74. The Bertz CT molecular complexity index is 498. The first-order valence-corrected chi connectivity index (χ1v) is 8.65. The van der Waals surface area contributed by atoms with Gasteiger partial charge in [-0.15, -0.1) is 0 Å². The minimum absolute atomic E-state index is 0.432. The highest BCUT2D eigenvalue weighted by Gasteiger charge is 2.43. The maximum Gasteiger partial charge on any atom is 0.225 e. The molecular weight excluding hydrogens is 278 g/mol. The monoisotopic (exact) mass is 305 g/mol. The second kappa shape index (κ2) is 5.82. The summed E-state index contributed by atoms with van der Waals surface area (Å²) in [7, 11) is 0. The Kier molecular flexibility index (Phi) is 4.17. The quantitative estimate of drug-likeness (QED) is 0.652. The standard InChI is InChI=1S/C18H27NO3/c1-14-12-15(17(20)8-4-2-5-9-17)19(22)16(13-14)18(21)10-6-3-7-11-18/h12-13,20-21H,2-11H2,1H3. The first kappa shape index (κ1) is 15.8. The summed E-state index contributed by atoms with van der Waals surface area (Å²) >= 11 is 0. The summed E-state index contributed by atoms with van der Waals surface area (Å²) in [5, 5.41) is 34.8. The molecule has 0 aromatic carbocycles. The molecule has 0 spiro atoms. The molecule has 2 saturated carbocycles. The van der Waals surface area contributed by atoms with Gasteiger partial charge in [0.2, 0.25) is 11.4 Å². The SMILES string of the molecule is Cc1cc(C2(O)CCCCC2)[n+]([O-])c(C2(O)CCCCC2)c1. The van der Waals surface area contributed by atoms with Crippen LogP contribution in [0.5, 0.6) is 0 Å². The normalized spacial score (nSPS) is 24.1. The van der Waals surface area contributed by atoms with E-state index < -0.39 is 11.2 Å². The lowest BCUT2D eigenvalue weighted by molar-refractivity contribution is -0.640. The van der Waals surface area contributed by atoms with Gasteiger partial charge in [-0.1, -0.05) is 12.8 Å². The first-order chi connectivity index (χ1) is 10.4. The summed E-state index contributed by atoms with van der Waals surface area (Å²) in [6.07, 6.45) is 8.57. The van der Waals surface area contributed by atoms with Crippen LogP contribution in [0.15, 0.2) is 12.1 Å². The lowest BCUT2D eigenvalue weighted by Gasteiger charge is -2.34. The molecule has 3 rings (SSSR count).